The van der Waals surface area contributed by atoms with Gasteiger partial charge in [0.25, 0.3) is 0 Å². The van der Waals surface area contributed by atoms with Crippen molar-refractivity contribution in [3.8, 4) is 0 Å². The molecule has 1 N–H and O–H groups in total. The number of anilines is 2. The fraction of sp³-hybridized carbons (Fsp3) is 0.737. The molecule has 8 heteroatoms. The van der Waals surface area contributed by atoms with E-state index in [1.807, 2.05) is 4.90 Å². The van der Waals surface area contributed by atoms with Crippen LogP contribution in [-0.2, 0) is 9.53 Å². The lowest BCUT2D eigenvalue weighted by Crippen LogP contribution is -2.53. The summed E-state index contributed by atoms with van der Waals surface area (Å²) < 4.78 is 19.3. The topological polar surface area (TPSA) is 70.6 Å². The van der Waals surface area contributed by atoms with Gasteiger partial charge in [0.1, 0.15) is 0 Å². The van der Waals surface area contributed by atoms with Gasteiger partial charge in [0.15, 0.2) is 11.6 Å². The first kappa shape index (κ1) is 18.4. The highest BCUT2D eigenvalue weighted by Gasteiger charge is 2.42. The molecule has 7 nitrogen and oxygen atoms in total. The Balaban J connectivity index is 1.39. The number of ether oxygens (including phenoxy) is 1. The highest BCUT2D eigenvalue weighted by molar-refractivity contribution is 5.77. The first-order valence-corrected chi connectivity index (χ1v) is 9.93. The molecule has 0 aliphatic carbocycles. The molecular weight excluding hydrogens is 349 g/mol. The van der Waals surface area contributed by atoms with E-state index < -0.39 is 5.82 Å². The summed E-state index contributed by atoms with van der Waals surface area (Å²) in [5.74, 6) is 0.620. The van der Waals surface area contributed by atoms with Gasteiger partial charge in [0.2, 0.25) is 11.9 Å². The number of piperidine rings is 2. The third kappa shape index (κ3) is 3.85. The van der Waals surface area contributed by atoms with Crippen molar-refractivity contribution in [2.24, 2.45) is 5.41 Å². The number of nitrogens with one attached hydrogen (secondary N) is 1. The molecule has 27 heavy (non-hydrogen) atoms. The van der Waals surface area contributed by atoms with Gasteiger partial charge in [0.05, 0.1) is 12.3 Å². The molecule has 3 fully saturated rings. The van der Waals surface area contributed by atoms with Gasteiger partial charge in [-0.3, -0.25) is 4.79 Å². The fourth-order valence-electron chi connectivity index (χ4n) is 4.58. The molecule has 0 aromatic carbocycles. The zero-order chi connectivity index (χ0) is 18.9. The smallest absolute Gasteiger partial charge is 0.227 e. The van der Waals surface area contributed by atoms with Crippen LogP contribution in [0.4, 0.5) is 16.2 Å². The van der Waals surface area contributed by atoms with E-state index in [-0.39, 0.29) is 23.2 Å². The van der Waals surface area contributed by atoms with Crippen molar-refractivity contribution in [3.05, 3.63) is 12.0 Å². The predicted molar refractivity (Wildman–Crippen MR) is 100 cm³/mol. The minimum absolute atomic E-state index is 0.175. The third-order valence-corrected chi connectivity index (χ3v) is 6.27. The Morgan fingerprint density at radius 3 is 2.89 bits per heavy atom. The Morgan fingerprint density at radius 2 is 2.19 bits per heavy atom. The van der Waals surface area contributed by atoms with Crippen molar-refractivity contribution in [3.63, 3.8) is 0 Å². The third-order valence-electron chi connectivity index (χ3n) is 6.27. The molecule has 0 saturated carbocycles. The fourth-order valence-corrected chi connectivity index (χ4v) is 4.58. The zero-order valence-electron chi connectivity index (χ0n) is 15.9. The molecule has 1 atom stereocenters. The summed E-state index contributed by atoms with van der Waals surface area (Å²) in [5, 5.41) is 2.77. The highest BCUT2D eigenvalue weighted by atomic mass is 19.1. The number of hydrogen-bond donors (Lipinski definition) is 1. The maximum Gasteiger partial charge on any atom is 0.227 e. The van der Waals surface area contributed by atoms with E-state index >= 15 is 0 Å². The normalized spacial score (nSPS) is 25.3. The summed E-state index contributed by atoms with van der Waals surface area (Å²) in [6, 6.07) is 0. The molecule has 0 radical (unpaired) electrons. The molecule has 1 spiro atoms. The Morgan fingerprint density at radius 1 is 1.37 bits per heavy atom. The molecule has 4 rings (SSSR count). The van der Waals surface area contributed by atoms with Crippen LogP contribution >= 0.6 is 0 Å². The van der Waals surface area contributed by atoms with Crippen LogP contribution in [0.25, 0.3) is 0 Å². The number of halogens is 1. The van der Waals surface area contributed by atoms with Crippen LogP contribution in [0.5, 0.6) is 0 Å². The van der Waals surface area contributed by atoms with Crippen LogP contribution in [0.1, 0.15) is 38.5 Å². The zero-order valence-corrected chi connectivity index (χ0v) is 15.9. The van der Waals surface area contributed by atoms with Crippen molar-refractivity contribution in [1.29, 1.82) is 0 Å². The molecule has 1 aromatic rings. The molecule has 3 aliphatic heterocycles. The van der Waals surface area contributed by atoms with Crippen molar-refractivity contribution in [1.82, 2.24) is 14.9 Å². The lowest BCUT2D eigenvalue weighted by atomic mass is 9.72. The first-order valence-electron chi connectivity index (χ1n) is 9.93. The molecule has 4 heterocycles. The van der Waals surface area contributed by atoms with Crippen molar-refractivity contribution >= 4 is 17.7 Å². The number of aromatic nitrogens is 2. The Labute approximate surface area is 159 Å². The molecule has 1 unspecified atom stereocenters. The van der Waals surface area contributed by atoms with Crippen LogP contribution in [-0.4, -0.2) is 66.7 Å². The predicted octanol–water partition coefficient (Wildman–Crippen LogP) is 2.05. The Kier molecular flexibility index (Phi) is 5.16. The largest absolute Gasteiger partial charge is 0.376 e. The minimum Gasteiger partial charge on any atom is -0.376 e. The lowest BCUT2D eigenvalue weighted by Gasteiger charge is -2.47. The second-order valence-corrected chi connectivity index (χ2v) is 8.01. The molecule has 1 amide bonds. The van der Waals surface area contributed by atoms with Crippen LogP contribution in [0.3, 0.4) is 0 Å². The molecule has 0 bridgehead atoms. The van der Waals surface area contributed by atoms with E-state index in [0.717, 1.165) is 64.9 Å². The molecule has 3 aliphatic rings. The first-order chi connectivity index (χ1) is 13.1. The summed E-state index contributed by atoms with van der Waals surface area (Å²) in [5.41, 5.74) is 0.175. The summed E-state index contributed by atoms with van der Waals surface area (Å²) in [6.07, 6.45) is 7.16. The SMILES string of the molecule is CNc1nc(N2CCC3(CCC(=O)N(CC4CCCO4)C3)CC2)ncc1F. The summed E-state index contributed by atoms with van der Waals surface area (Å²) in [4.78, 5) is 25.0. The number of carbonyl (C=O) groups excluding carboxylic acids is 1. The standard InChI is InChI=1S/C19H28FN5O2/c1-21-17-15(20)11-22-18(23-17)24-8-6-19(7-9-24)5-4-16(26)25(13-19)12-14-3-2-10-27-14/h11,14H,2-10,12-13H2,1H3,(H,21,22,23). The average Bonchev–Trinajstić information content (AvgIpc) is 3.19. The minimum atomic E-state index is -0.440. The molecule has 3 saturated heterocycles. The van der Waals surface area contributed by atoms with Gasteiger partial charge in [0, 0.05) is 46.3 Å². The highest BCUT2D eigenvalue weighted by Crippen LogP contribution is 2.41. The van der Waals surface area contributed by atoms with Gasteiger partial charge in [-0.2, -0.15) is 4.98 Å². The van der Waals surface area contributed by atoms with Crippen LogP contribution in [0.15, 0.2) is 6.20 Å². The maximum absolute atomic E-state index is 13.6. The average molecular weight is 377 g/mol. The van der Waals surface area contributed by atoms with Crippen molar-refractivity contribution < 1.29 is 13.9 Å². The van der Waals surface area contributed by atoms with Crippen LogP contribution in [0.2, 0.25) is 0 Å². The lowest BCUT2D eigenvalue weighted by molar-refractivity contribution is -0.140. The van der Waals surface area contributed by atoms with E-state index in [1.165, 1.54) is 6.20 Å². The molecule has 148 valence electrons. The summed E-state index contributed by atoms with van der Waals surface area (Å²) in [7, 11) is 1.65. The quantitative estimate of drug-likeness (QED) is 0.866. The van der Waals surface area contributed by atoms with Crippen molar-refractivity contribution in [2.45, 2.75) is 44.6 Å². The Hall–Kier alpha value is -1.96. The number of amides is 1. The van der Waals surface area contributed by atoms with Gasteiger partial charge in [-0.25, -0.2) is 9.37 Å². The van der Waals surface area contributed by atoms with Gasteiger partial charge >= 0.3 is 0 Å². The second-order valence-electron chi connectivity index (χ2n) is 8.01. The van der Waals surface area contributed by atoms with Crippen LogP contribution < -0.4 is 10.2 Å². The van der Waals surface area contributed by atoms with E-state index in [9.17, 15) is 9.18 Å². The number of likely N-dealkylation sites (tertiary alicyclic amines) is 1. The van der Waals surface area contributed by atoms with Crippen LogP contribution in [0, 0.1) is 11.2 Å². The molecular formula is C19H28FN5O2. The van der Waals surface area contributed by atoms with Gasteiger partial charge in [-0.05, 0) is 37.5 Å². The molecule has 1 aromatic heterocycles. The summed E-state index contributed by atoms with van der Waals surface area (Å²) in [6.45, 7) is 4.04. The number of rotatable bonds is 4. The van der Waals surface area contributed by atoms with Crippen molar-refractivity contribution in [2.75, 3.05) is 50.1 Å². The second kappa shape index (κ2) is 7.58. The monoisotopic (exact) mass is 377 g/mol. The number of hydrogen-bond acceptors (Lipinski definition) is 6. The van der Waals surface area contributed by atoms with E-state index in [0.29, 0.717) is 12.4 Å². The van der Waals surface area contributed by atoms with E-state index in [2.05, 4.69) is 20.2 Å². The van der Waals surface area contributed by atoms with Gasteiger partial charge in [-0.1, -0.05) is 0 Å². The summed E-state index contributed by atoms with van der Waals surface area (Å²) >= 11 is 0. The van der Waals surface area contributed by atoms with E-state index in [4.69, 9.17) is 4.74 Å². The van der Waals surface area contributed by atoms with Gasteiger partial charge < -0.3 is 19.9 Å². The number of carbonyl (C=O) groups is 1. The van der Waals surface area contributed by atoms with E-state index in [1.54, 1.807) is 7.05 Å². The Bertz CT molecular complexity index is 687. The van der Waals surface area contributed by atoms with Gasteiger partial charge in [-0.15, -0.1) is 0 Å². The maximum atomic E-state index is 13.6. The number of nitrogens with zero attached hydrogens (tertiary/aromatic N) is 4.